The van der Waals surface area contributed by atoms with Crippen molar-refractivity contribution < 1.29 is 14.6 Å². The highest BCUT2D eigenvalue weighted by Crippen LogP contribution is 2.27. The van der Waals surface area contributed by atoms with Crippen LogP contribution in [0.5, 0.6) is 5.75 Å². The molecule has 4 heteroatoms. The molecule has 20 heavy (non-hydrogen) atoms. The molecule has 0 fully saturated rings. The van der Waals surface area contributed by atoms with Gasteiger partial charge >= 0.3 is 0 Å². The highest BCUT2D eigenvalue weighted by Gasteiger charge is 2.12. The Bertz CT molecular complexity index is 596. The third-order valence-corrected chi connectivity index (χ3v) is 3.42. The number of ether oxygens (including phenoxy) is 1. The molecule has 0 bridgehead atoms. The number of carbonyl (C=O) groups excluding carboxylic acids is 1. The summed E-state index contributed by atoms with van der Waals surface area (Å²) in [5.74, 6) is 0.512. The molecule has 0 saturated heterocycles. The molecule has 104 valence electrons. The lowest BCUT2D eigenvalue weighted by Crippen LogP contribution is -2.11. The number of halogens is 1. The van der Waals surface area contributed by atoms with Crippen LogP contribution >= 0.6 is 15.9 Å². The first-order chi connectivity index (χ1) is 9.61. The van der Waals surface area contributed by atoms with E-state index in [0.717, 1.165) is 21.9 Å². The smallest absolute Gasteiger partial charge is 0.153 e. The highest BCUT2D eigenvalue weighted by molar-refractivity contribution is 9.10. The predicted octanol–water partition coefficient (Wildman–Crippen LogP) is 3.68. The zero-order valence-corrected chi connectivity index (χ0v) is 12.6. The Labute approximate surface area is 126 Å². The summed E-state index contributed by atoms with van der Waals surface area (Å²) in [6, 6.07) is 12.9. The Kier molecular flexibility index (Phi) is 4.93. The van der Waals surface area contributed by atoms with Crippen molar-refractivity contribution in [2.75, 3.05) is 6.61 Å². The van der Waals surface area contributed by atoms with Gasteiger partial charge in [0.2, 0.25) is 0 Å². The van der Waals surface area contributed by atoms with Crippen molar-refractivity contribution in [3.05, 3.63) is 63.6 Å². The van der Waals surface area contributed by atoms with Gasteiger partial charge in [0.25, 0.3) is 0 Å². The summed E-state index contributed by atoms with van der Waals surface area (Å²) in [6.07, 6.45) is 0.0286. The molecule has 0 aliphatic carbocycles. The fourth-order valence-corrected chi connectivity index (χ4v) is 2.56. The van der Waals surface area contributed by atoms with Gasteiger partial charge in [-0.3, -0.25) is 4.79 Å². The minimum atomic E-state index is -0.723. The molecular formula is C16H15BrO3. The lowest BCUT2D eigenvalue weighted by atomic mass is 10.1. The average Bonchev–Trinajstić information content (AvgIpc) is 2.46. The molecule has 0 radical (unpaired) electrons. The molecule has 0 aliphatic heterocycles. The maximum Gasteiger partial charge on any atom is 0.153 e. The van der Waals surface area contributed by atoms with Crippen LogP contribution in [0, 0.1) is 6.92 Å². The Morgan fingerprint density at radius 2 is 2.00 bits per heavy atom. The Hall–Kier alpha value is -1.65. The Balaban J connectivity index is 2.13. The summed E-state index contributed by atoms with van der Waals surface area (Å²) in [6.45, 7) is 1.97. The van der Waals surface area contributed by atoms with Crippen LogP contribution in [0.3, 0.4) is 0 Å². The predicted molar refractivity (Wildman–Crippen MR) is 81.2 cm³/mol. The van der Waals surface area contributed by atoms with Crippen LogP contribution in [0.1, 0.15) is 27.6 Å². The van der Waals surface area contributed by atoms with Crippen LogP contribution in [0.4, 0.5) is 0 Å². The molecule has 0 heterocycles. The van der Waals surface area contributed by atoms with E-state index in [9.17, 15) is 9.90 Å². The molecule has 3 nitrogen and oxygen atoms in total. The minimum absolute atomic E-state index is 0.104. The zero-order valence-electron chi connectivity index (χ0n) is 11.0. The molecule has 0 aliphatic rings. The number of carbonyl (C=O) groups is 1. The second-order valence-corrected chi connectivity index (χ2v) is 5.41. The number of aldehydes is 1. The summed E-state index contributed by atoms with van der Waals surface area (Å²) in [4.78, 5) is 11.1. The van der Waals surface area contributed by atoms with Crippen molar-refractivity contribution in [2.45, 2.75) is 13.0 Å². The number of aliphatic hydroxyl groups is 1. The van der Waals surface area contributed by atoms with Crippen LogP contribution in [-0.4, -0.2) is 18.0 Å². The Morgan fingerprint density at radius 1 is 1.30 bits per heavy atom. The topological polar surface area (TPSA) is 46.5 Å². The number of aliphatic hydroxyl groups excluding tert-OH is 1. The second kappa shape index (κ2) is 6.68. The third kappa shape index (κ3) is 3.46. The maximum absolute atomic E-state index is 11.1. The van der Waals surface area contributed by atoms with E-state index in [2.05, 4.69) is 15.9 Å². The lowest BCUT2D eigenvalue weighted by molar-refractivity contribution is 0.104. The van der Waals surface area contributed by atoms with Gasteiger partial charge < -0.3 is 9.84 Å². The van der Waals surface area contributed by atoms with E-state index in [1.807, 2.05) is 43.3 Å². The van der Waals surface area contributed by atoms with E-state index in [0.29, 0.717) is 11.3 Å². The fourth-order valence-electron chi connectivity index (χ4n) is 1.97. The van der Waals surface area contributed by atoms with E-state index in [1.165, 1.54) is 0 Å². The molecule has 2 rings (SSSR count). The molecule has 1 N–H and O–H groups in total. The van der Waals surface area contributed by atoms with Gasteiger partial charge in [-0.25, -0.2) is 0 Å². The van der Waals surface area contributed by atoms with Crippen molar-refractivity contribution in [3.63, 3.8) is 0 Å². The molecule has 0 amide bonds. The van der Waals surface area contributed by atoms with Crippen LogP contribution in [-0.2, 0) is 0 Å². The minimum Gasteiger partial charge on any atom is -0.489 e. The maximum atomic E-state index is 11.1. The standard InChI is InChI=1S/C16H15BrO3/c1-11-7-14(17)8-13(9-18)16(11)20-10-15(19)12-5-3-2-4-6-12/h2-9,15,19H,10H2,1H3. The summed E-state index contributed by atoms with van der Waals surface area (Å²) >= 11 is 3.34. The van der Waals surface area contributed by atoms with Gasteiger partial charge in [0.1, 0.15) is 18.5 Å². The van der Waals surface area contributed by atoms with Gasteiger partial charge in [-0.2, -0.15) is 0 Å². The lowest BCUT2D eigenvalue weighted by Gasteiger charge is -2.15. The molecule has 0 saturated carbocycles. The van der Waals surface area contributed by atoms with E-state index < -0.39 is 6.10 Å². The van der Waals surface area contributed by atoms with Crippen LogP contribution in [0.25, 0.3) is 0 Å². The molecule has 2 aromatic carbocycles. The number of aryl methyl sites for hydroxylation is 1. The van der Waals surface area contributed by atoms with Crippen molar-refractivity contribution >= 4 is 22.2 Å². The molecular weight excluding hydrogens is 320 g/mol. The monoisotopic (exact) mass is 334 g/mol. The zero-order chi connectivity index (χ0) is 14.5. The van der Waals surface area contributed by atoms with Gasteiger partial charge in [0.15, 0.2) is 6.29 Å². The first-order valence-corrected chi connectivity index (χ1v) is 7.02. The summed E-state index contributed by atoms with van der Waals surface area (Å²) in [7, 11) is 0. The van der Waals surface area contributed by atoms with Crippen LogP contribution < -0.4 is 4.74 Å². The van der Waals surface area contributed by atoms with Gasteiger partial charge in [-0.05, 0) is 30.2 Å². The largest absolute Gasteiger partial charge is 0.489 e. The van der Waals surface area contributed by atoms with E-state index in [1.54, 1.807) is 6.07 Å². The normalized spacial score (nSPS) is 11.9. The highest BCUT2D eigenvalue weighted by atomic mass is 79.9. The number of hydrogen-bond acceptors (Lipinski definition) is 3. The Morgan fingerprint density at radius 3 is 2.65 bits per heavy atom. The van der Waals surface area contributed by atoms with E-state index in [4.69, 9.17) is 4.74 Å². The van der Waals surface area contributed by atoms with Gasteiger partial charge in [0.05, 0.1) is 5.56 Å². The molecule has 0 aromatic heterocycles. The van der Waals surface area contributed by atoms with Gasteiger partial charge in [0, 0.05) is 4.47 Å². The number of rotatable bonds is 5. The van der Waals surface area contributed by atoms with E-state index >= 15 is 0 Å². The summed E-state index contributed by atoms with van der Waals surface area (Å²) in [5, 5.41) is 10.1. The molecule has 0 spiro atoms. The van der Waals surface area contributed by atoms with Crippen molar-refractivity contribution in [2.24, 2.45) is 0 Å². The molecule has 2 aromatic rings. The average molecular weight is 335 g/mol. The number of benzene rings is 2. The van der Waals surface area contributed by atoms with Crippen molar-refractivity contribution in [3.8, 4) is 5.75 Å². The van der Waals surface area contributed by atoms with Crippen molar-refractivity contribution in [1.82, 2.24) is 0 Å². The summed E-state index contributed by atoms with van der Waals surface area (Å²) < 4.78 is 6.45. The van der Waals surface area contributed by atoms with Gasteiger partial charge in [-0.1, -0.05) is 46.3 Å². The second-order valence-electron chi connectivity index (χ2n) is 4.50. The fraction of sp³-hybridized carbons (Fsp3) is 0.188. The summed E-state index contributed by atoms with van der Waals surface area (Å²) in [5.41, 5.74) is 2.11. The van der Waals surface area contributed by atoms with Crippen LogP contribution in [0.2, 0.25) is 0 Å². The first-order valence-electron chi connectivity index (χ1n) is 6.23. The number of hydrogen-bond donors (Lipinski definition) is 1. The molecule has 1 unspecified atom stereocenters. The SMILES string of the molecule is Cc1cc(Br)cc(C=O)c1OCC(O)c1ccccc1. The van der Waals surface area contributed by atoms with Gasteiger partial charge in [-0.15, -0.1) is 0 Å². The first kappa shape index (κ1) is 14.8. The van der Waals surface area contributed by atoms with E-state index in [-0.39, 0.29) is 6.61 Å². The quantitative estimate of drug-likeness (QED) is 0.848. The van der Waals surface area contributed by atoms with Crippen molar-refractivity contribution in [1.29, 1.82) is 0 Å². The van der Waals surface area contributed by atoms with Crippen LogP contribution in [0.15, 0.2) is 46.9 Å². The third-order valence-electron chi connectivity index (χ3n) is 2.96. The molecule has 1 atom stereocenters.